The zero-order valence-electron chi connectivity index (χ0n) is 12.0. The zero-order valence-corrected chi connectivity index (χ0v) is 13.6. The van der Waals surface area contributed by atoms with Crippen LogP contribution in [0.4, 0.5) is 10.1 Å². The molecule has 118 valence electrons. The summed E-state index contributed by atoms with van der Waals surface area (Å²) in [4.78, 5) is 9.86. The van der Waals surface area contributed by atoms with E-state index in [1.165, 1.54) is 37.8 Å². The maximum Gasteiger partial charge on any atom is 0.272 e. The number of nitrogens with zero attached hydrogens (tertiary/aromatic N) is 1. The van der Waals surface area contributed by atoms with Crippen molar-refractivity contribution in [2.75, 3.05) is 11.9 Å². The molecule has 6 heteroatoms. The average molecular weight is 362 g/mol. The van der Waals surface area contributed by atoms with E-state index in [1.54, 1.807) is 0 Å². The molecular formula is C15H21BrFNO3. The summed E-state index contributed by atoms with van der Waals surface area (Å²) in [5.74, 6) is -0.600. The van der Waals surface area contributed by atoms with Crippen LogP contribution in [-0.2, 0) is 0 Å². The van der Waals surface area contributed by atoms with E-state index < -0.39 is 10.7 Å². The van der Waals surface area contributed by atoms with Gasteiger partial charge in [0.1, 0.15) is 0 Å². The van der Waals surface area contributed by atoms with Crippen LogP contribution in [0, 0.1) is 15.9 Å². The Morgan fingerprint density at radius 3 is 2.29 bits per heavy atom. The van der Waals surface area contributed by atoms with Gasteiger partial charge >= 0.3 is 0 Å². The van der Waals surface area contributed by atoms with Gasteiger partial charge in [0.2, 0.25) is 0 Å². The molecule has 0 radical (unpaired) electrons. The van der Waals surface area contributed by atoms with Crippen LogP contribution < -0.4 is 4.74 Å². The lowest BCUT2D eigenvalue weighted by Gasteiger charge is -2.07. The van der Waals surface area contributed by atoms with E-state index in [9.17, 15) is 14.5 Å². The van der Waals surface area contributed by atoms with Gasteiger partial charge in [-0.25, -0.2) is 4.39 Å². The number of non-ortho nitro benzene ring substituents is 1. The summed E-state index contributed by atoms with van der Waals surface area (Å²) in [6.07, 6.45) is 8.05. The molecule has 0 bridgehead atoms. The third-order valence-corrected chi connectivity index (χ3v) is 3.72. The summed E-state index contributed by atoms with van der Waals surface area (Å²) in [7, 11) is 0. The highest BCUT2D eigenvalue weighted by Crippen LogP contribution is 2.22. The number of nitro groups is 1. The number of alkyl halides is 1. The summed E-state index contributed by atoms with van der Waals surface area (Å²) in [6.45, 7) is 0.441. The number of ether oxygens (including phenoxy) is 1. The smallest absolute Gasteiger partial charge is 0.272 e. The van der Waals surface area contributed by atoms with E-state index in [1.807, 2.05) is 0 Å². The van der Waals surface area contributed by atoms with E-state index in [0.29, 0.717) is 6.61 Å². The minimum Gasteiger partial charge on any atom is -0.491 e. The van der Waals surface area contributed by atoms with Crippen molar-refractivity contribution in [3.63, 3.8) is 0 Å². The number of hydrogen-bond acceptors (Lipinski definition) is 3. The largest absolute Gasteiger partial charge is 0.491 e. The number of nitro benzene ring substituents is 1. The van der Waals surface area contributed by atoms with Crippen molar-refractivity contribution in [1.82, 2.24) is 0 Å². The van der Waals surface area contributed by atoms with Crippen molar-refractivity contribution in [2.45, 2.75) is 44.9 Å². The minimum absolute atomic E-state index is 0.0814. The lowest BCUT2D eigenvalue weighted by molar-refractivity contribution is -0.385. The molecule has 1 rings (SSSR count). The van der Waals surface area contributed by atoms with Crippen LogP contribution in [0.1, 0.15) is 44.9 Å². The van der Waals surface area contributed by atoms with Crippen LogP contribution in [0.5, 0.6) is 5.75 Å². The van der Waals surface area contributed by atoms with Crippen LogP contribution in [0.25, 0.3) is 0 Å². The number of benzene rings is 1. The normalized spacial score (nSPS) is 10.6. The molecule has 1 aromatic carbocycles. The minimum atomic E-state index is -0.682. The van der Waals surface area contributed by atoms with E-state index in [4.69, 9.17) is 4.74 Å². The molecule has 0 fully saturated rings. The van der Waals surface area contributed by atoms with Gasteiger partial charge in [-0.15, -0.1) is 0 Å². The standard InChI is InChI=1S/C15H21BrFNO3/c16-10-6-4-2-1-3-5-7-11-21-15-9-8-13(18(19)20)12-14(15)17/h8-9,12H,1-7,10-11H2. The molecular weight excluding hydrogens is 341 g/mol. The number of unbranched alkanes of at least 4 members (excludes halogenated alkanes) is 6. The van der Waals surface area contributed by atoms with Gasteiger partial charge in [0.25, 0.3) is 5.69 Å². The summed E-state index contributed by atoms with van der Waals surface area (Å²) in [6, 6.07) is 3.45. The Bertz CT molecular complexity index is 443. The molecule has 4 nitrogen and oxygen atoms in total. The molecule has 0 aliphatic carbocycles. The Morgan fingerprint density at radius 1 is 1.10 bits per heavy atom. The third-order valence-electron chi connectivity index (χ3n) is 3.16. The van der Waals surface area contributed by atoms with Crippen LogP contribution in [0.3, 0.4) is 0 Å². The number of halogens is 2. The molecule has 0 amide bonds. The molecule has 0 saturated heterocycles. The van der Waals surface area contributed by atoms with E-state index >= 15 is 0 Å². The average Bonchev–Trinajstić information content (AvgIpc) is 2.46. The Labute approximate surface area is 133 Å². The van der Waals surface area contributed by atoms with Crippen LogP contribution in [0.2, 0.25) is 0 Å². The quantitative estimate of drug-likeness (QED) is 0.234. The maximum atomic E-state index is 13.5. The predicted molar refractivity (Wildman–Crippen MR) is 84.7 cm³/mol. The second-order valence-corrected chi connectivity index (χ2v) is 5.68. The third kappa shape index (κ3) is 7.41. The molecule has 0 unspecified atom stereocenters. The first-order valence-electron chi connectivity index (χ1n) is 7.28. The molecule has 0 aliphatic heterocycles. The van der Waals surface area contributed by atoms with Gasteiger partial charge in [-0.1, -0.05) is 48.0 Å². The summed E-state index contributed by atoms with van der Waals surface area (Å²) < 4.78 is 18.8. The molecule has 0 heterocycles. The second kappa shape index (κ2) is 10.5. The summed E-state index contributed by atoms with van der Waals surface area (Å²) in [5, 5.41) is 11.6. The van der Waals surface area contributed by atoms with Crippen molar-refractivity contribution in [1.29, 1.82) is 0 Å². The molecule has 1 aromatic rings. The molecule has 0 aliphatic rings. The monoisotopic (exact) mass is 361 g/mol. The highest BCUT2D eigenvalue weighted by atomic mass is 79.9. The molecule has 0 aromatic heterocycles. The van der Waals surface area contributed by atoms with Gasteiger partial charge in [0, 0.05) is 11.4 Å². The van der Waals surface area contributed by atoms with Gasteiger partial charge in [-0.3, -0.25) is 10.1 Å². The first kappa shape index (κ1) is 17.9. The van der Waals surface area contributed by atoms with Crippen molar-refractivity contribution in [3.8, 4) is 5.75 Å². The first-order chi connectivity index (χ1) is 10.1. The Morgan fingerprint density at radius 2 is 1.71 bits per heavy atom. The van der Waals surface area contributed by atoms with Crippen molar-refractivity contribution >= 4 is 21.6 Å². The first-order valence-corrected chi connectivity index (χ1v) is 8.40. The van der Waals surface area contributed by atoms with E-state index in [-0.39, 0.29) is 11.4 Å². The molecule has 0 atom stereocenters. The lowest BCUT2D eigenvalue weighted by Crippen LogP contribution is -2.00. The lowest BCUT2D eigenvalue weighted by atomic mass is 10.1. The van der Waals surface area contributed by atoms with Crippen molar-refractivity contribution in [2.24, 2.45) is 0 Å². The zero-order chi connectivity index (χ0) is 15.5. The van der Waals surface area contributed by atoms with Crippen LogP contribution in [0.15, 0.2) is 18.2 Å². The predicted octanol–water partition coefficient (Wildman–Crippen LogP) is 5.24. The second-order valence-electron chi connectivity index (χ2n) is 4.88. The Hall–Kier alpha value is -1.17. The van der Waals surface area contributed by atoms with Gasteiger partial charge < -0.3 is 4.74 Å². The Kier molecular flexibility index (Phi) is 8.98. The number of hydrogen-bond donors (Lipinski definition) is 0. The molecule has 21 heavy (non-hydrogen) atoms. The van der Waals surface area contributed by atoms with Crippen LogP contribution in [-0.4, -0.2) is 16.9 Å². The van der Waals surface area contributed by atoms with Crippen molar-refractivity contribution < 1.29 is 14.1 Å². The fourth-order valence-electron chi connectivity index (χ4n) is 1.98. The fourth-order valence-corrected chi connectivity index (χ4v) is 2.38. The Balaban J connectivity index is 2.14. The number of rotatable bonds is 11. The van der Waals surface area contributed by atoms with E-state index in [0.717, 1.165) is 30.7 Å². The summed E-state index contributed by atoms with van der Waals surface area (Å²) in [5.41, 5.74) is -0.261. The van der Waals surface area contributed by atoms with Gasteiger partial charge in [-0.05, 0) is 18.9 Å². The SMILES string of the molecule is O=[N+]([O-])c1ccc(OCCCCCCCCCBr)c(F)c1. The summed E-state index contributed by atoms with van der Waals surface area (Å²) >= 11 is 3.41. The van der Waals surface area contributed by atoms with Crippen molar-refractivity contribution in [3.05, 3.63) is 34.1 Å². The van der Waals surface area contributed by atoms with Gasteiger partial charge in [-0.2, -0.15) is 0 Å². The topological polar surface area (TPSA) is 52.4 Å². The maximum absolute atomic E-state index is 13.5. The van der Waals surface area contributed by atoms with Gasteiger partial charge in [0.15, 0.2) is 11.6 Å². The molecule has 0 N–H and O–H groups in total. The highest BCUT2D eigenvalue weighted by Gasteiger charge is 2.11. The van der Waals surface area contributed by atoms with Crippen LogP contribution >= 0.6 is 15.9 Å². The fraction of sp³-hybridized carbons (Fsp3) is 0.600. The van der Waals surface area contributed by atoms with Gasteiger partial charge in [0.05, 0.1) is 17.6 Å². The van der Waals surface area contributed by atoms with E-state index in [2.05, 4.69) is 15.9 Å². The molecule has 0 spiro atoms. The highest BCUT2D eigenvalue weighted by molar-refractivity contribution is 9.09. The molecule has 0 saturated carbocycles.